The molecular weight excluding hydrogens is 288 g/mol. The molecule has 0 bridgehead atoms. The fraction of sp³-hybridized carbons (Fsp3) is 0.533. The van der Waals surface area contributed by atoms with Crippen LogP contribution in [-0.2, 0) is 20.8 Å². The minimum atomic E-state index is -0.710. The molecule has 1 aliphatic rings. The van der Waals surface area contributed by atoms with Crippen molar-refractivity contribution >= 4 is 29.1 Å². The summed E-state index contributed by atoms with van der Waals surface area (Å²) >= 11 is 1.61. The van der Waals surface area contributed by atoms with Gasteiger partial charge in [-0.2, -0.15) is 0 Å². The van der Waals surface area contributed by atoms with Crippen molar-refractivity contribution in [2.45, 2.75) is 45.7 Å². The first kappa shape index (κ1) is 15.7. The molecule has 2 heterocycles. The van der Waals surface area contributed by atoms with Crippen molar-refractivity contribution in [3.63, 3.8) is 0 Å². The van der Waals surface area contributed by atoms with Crippen LogP contribution < -0.4 is 5.32 Å². The molecule has 114 valence electrons. The molecule has 0 spiro atoms. The number of carbonyl (C=O) groups is 3. The second-order valence-corrected chi connectivity index (χ2v) is 6.68. The highest BCUT2D eigenvalue weighted by Gasteiger charge is 2.40. The molecule has 21 heavy (non-hydrogen) atoms. The summed E-state index contributed by atoms with van der Waals surface area (Å²) in [6.07, 6.45) is 0.709. The van der Waals surface area contributed by atoms with Gasteiger partial charge in [-0.25, -0.2) is 0 Å². The van der Waals surface area contributed by atoms with E-state index in [-0.39, 0.29) is 36.1 Å². The van der Waals surface area contributed by atoms with Crippen LogP contribution in [0.5, 0.6) is 0 Å². The van der Waals surface area contributed by atoms with Crippen molar-refractivity contribution in [2.75, 3.05) is 0 Å². The van der Waals surface area contributed by atoms with Gasteiger partial charge in [-0.1, -0.05) is 13.0 Å². The van der Waals surface area contributed by atoms with E-state index in [1.807, 2.05) is 24.4 Å². The Bertz CT molecular complexity index is 539. The molecule has 5 nitrogen and oxygen atoms in total. The van der Waals surface area contributed by atoms with Gasteiger partial charge in [-0.3, -0.25) is 19.3 Å². The quantitative estimate of drug-likeness (QED) is 0.840. The van der Waals surface area contributed by atoms with Crippen molar-refractivity contribution in [1.29, 1.82) is 0 Å². The number of amides is 3. The third-order valence-corrected chi connectivity index (χ3v) is 4.45. The van der Waals surface area contributed by atoms with E-state index in [1.165, 1.54) is 4.90 Å². The molecule has 1 saturated heterocycles. The van der Waals surface area contributed by atoms with E-state index in [2.05, 4.69) is 5.32 Å². The molecule has 1 aromatic heterocycles. The summed E-state index contributed by atoms with van der Waals surface area (Å²) in [6, 6.07) is 3.05. The van der Waals surface area contributed by atoms with Crippen LogP contribution in [0.25, 0.3) is 0 Å². The number of nitrogens with one attached hydrogen (secondary N) is 1. The van der Waals surface area contributed by atoms with Gasteiger partial charge in [-0.15, -0.1) is 11.3 Å². The highest BCUT2D eigenvalue weighted by molar-refractivity contribution is 7.09. The number of nitrogens with zero attached hydrogens (tertiary/aromatic N) is 1. The molecule has 1 fully saturated rings. The minimum absolute atomic E-state index is 0.0640. The maximum absolute atomic E-state index is 12.2. The molecule has 2 atom stereocenters. The van der Waals surface area contributed by atoms with Gasteiger partial charge in [-0.05, 0) is 31.7 Å². The monoisotopic (exact) mass is 308 g/mol. The van der Waals surface area contributed by atoms with Crippen LogP contribution in [0.1, 0.15) is 32.1 Å². The van der Waals surface area contributed by atoms with Crippen molar-refractivity contribution in [3.05, 3.63) is 22.4 Å². The largest absolute Gasteiger partial charge is 0.344 e. The smallest absolute Gasteiger partial charge is 0.252 e. The van der Waals surface area contributed by atoms with Crippen molar-refractivity contribution < 1.29 is 14.4 Å². The Hall–Kier alpha value is -1.69. The Morgan fingerprint density at radius 3 is 2.67 bits per heavy atom. The fourth-order valence-electron chi connectivity index (χ4n) is 2.44. The summed E-state index contributed by atoms with van der Waals surface area (Å²) < 4.78 is 0. The molecule has 0 saturated carbocycles. The standard InChI is InChI=1S/C15H20N2O3S/c1-9(2)17-13(18)8-12(15(17)20)16-14(19)10(3)7-11-5-4-6-21-11/h4-6,9-10,12H,7-8H2,1-3H3,(H,16,19)/t10-,12-/m1/s1. The molecule has 2 rings (SSSR count). The normalized spacial score (nSPS) is 20.2. The fourth-order valence-corrected chi connectivity index (χ4v) is 3.28. The highest BCUT2D eigenvalue weighted by Crippen LogP contribution is 2.18. The summed E-state index contributed by atoms with van der Waals surface area (Å²) in [5, 5.41) is 4.68. The van der Waals surface area contributed by atoms with E-state index in [0.29, 0.717) is 6.42 Å². The first-order chi connectivity index (χ1) is 9.90. The third kappa shape index (κ3) is 3.50. The molecule has 0 aliphatic carbocycles. The summed E-state index contributed by atoms with van der Waals surface area (Å²) in [7, 11) is 0. The molecule has 0 radical (unpaired) electrons. The Kier molecular flexibility index (Phi) is 4.77. The lowest BCUT2D eigenvalue weighted by molar-refractivity contribution is -0.141. The van der Waals surface area contributed by atoms with Crippen molar-refractivity contribution in [2.24, 2.45) is 5.92 Å². The molecule has 1 aliphatic heterocycles. The van der Waals surface area contributed by atoms with Gasteiger partial charge in [0.15, 0.2) is 0 Å². The van der Waals surface area contributed by atoms with Gasteiger partial charge in [0, 0.05) is 16.8 Å². The summed E-state index contributed by atoms with van der Waals surface area (Å²) in [5.41, 5.74) is 0. The van der Waals surface area contributed by atoms with Gasteiger partial charge >= 0.3 is 0 Å². The van der Waals surface area contributed by atoms with Crippen LogP contribution in [0.3, 0.4) is 0 Å². The first-order valence-electron chi connectivity index (χ1n) is 7.08. The number of hydrogen-bond acceptors (Lipinski definition) is 4. The number of likely N-dealkylation sites (tertiary alicyclic amines) is 1. The van der Waals surface area contributed by atoms with Crippen LogP contribution in [0.4, 0.5) is 0 Å². The van der Waals surface area contributed by atoms with Crippen molar-refractivity contribution in [1.82, 2.24) is 10.2 Å². The first-order valence-corrected chi connectivity index (χ1v) is 7.96. The van der Waals surface area contributed by atoms with Gasteiger partial charge in [0.05, 0.1) is 6.42 Å². The van der Waals surface area contributed by atoms with Gasteiger partial charge < -0.3 is 5.32 Å². The lowest BCUT2D eigenvalue weighted by Crippen LogP contribution is -2.45. The van der Waals surface area contributed by atoms with E-state index in [9.17, 15) is 14.4 Å². The molecule has 1 N–H and O–H groups in total. The third-order valence-electron chi connectivity index (χ3n) is 3.55. The predicted octanol–water partition coefficient (Wildman–Crippen LogP) is 1.58. The number of carbonyl (C=O) groups excluding carboxylic acids is 3. The van der Waals surface area contributed by atoms with Gasteiger partial charge in [0.25, 0.3) is 5.91 Å². The lowest BCUT2D eigenvalue weighted by atomic mass is 10.1. The van der Waals surface area contributed by atoms with E-state index < -0.39 is 6.04 Å². The van der Waals surface area contributed by atoms with E-state index in [4.69, 9.17) is 0 Å². The van der Waals surface area contributed by atoms with E-state index in [1.54, 1.807) is 25.2 Å². The van der Waals surface area contributed by atoms with E-state index in [0.717, 1.165) is 4.88 Å². The van der Waals surface area contributed by atoms with Gasteiger partial charge in [0.2, 0.25) is 11.8 Å². The maximum Gasteiger partial charge on any atom is 0.252 e. The average molecular weight is 308 g/mol. The molecule has 0 aromatic carbocycles. The number of imide groups is 1. The second-order valence-electron chi connectivity index (χ2n) is 5.65. The van der Waals surface area contributed by atoms with Crippen LogP contribution in [-0.4, -0.2) is 34.7 Å². The second kappa shape index (κ2) is 6.39. The van der Waals surface area contributed by atoms with Crippen LogP contribution >= 0.6 is 11.3 Å². The molecule has 1 aromatic rings. The zero-order chi connectivity index (χ0) is 15.6. The molecule has 3 amide bonds. The van der Waals surface area contributed by atoms with Gasteiger partial charge in [0.1, 0.15) is 6.04 Å². The highest BCUT2D eigenvalue weighted by atomic mass is 32.1. The summed E-state index contributed by atoms with van der Waals surface area (Å²) in [6.45, 7) is 5.41. The topological polar surface area (TPSA) is 66.5 Å². The summed E-state index contributed by atoms with van der Waals surface area (Å²) in [5.74, 6) is -0.919. The number of hydrogen-bond donors (Lipinski definition) is 1. The molecule has 0 unspecified atom stereocenters. The van der Waals surface area contributed by atoms with Crippen LogP contribution in [0.15, 0.2) is 17.5 Å². The van der Waals surface area contributed by atoms with Crippen LogP contribution in [0.2, 0.25) is 0 Å². The average Bonchev–Trinajstić information content (AvgIpc) is 2.98. The number of rotatable bonds is 5. The summed E-state index contributed by atoms with van der Waals surface area (Å²) in [4.78, 5) is 38.5. The Morgan fingerprint density at radius 1 is 1.43 bits per heavy atom. The molecule has 6 heteroatoms. The zero-order valence-corrected chi connectivity index (χ0v) is 13.3. The predicted molar refractivity (Wildman–Crippen MR) is 80.7 cm³/mol. The van der Waals surface area contributed by atoms with E-state index >= 15 is 0 Å². The minimum Gasteiger partial charge on any atom is -0.344 e. The Labute approximate surface area is 128 Å². The zero-order valence-electron chi connectivity index (χ0n) is 12.5. The SMILES string of the molecule is CC(C)N1C(=O)C[C@@H](NC(=O)[C@H](C)Cc2cccs2)C1=O. The van der Waals surface area contributed by atoms with Crippen LogP contribution in [0, 0.1) is 5.92 Å². The number of thiophene rings is 1. The Morgan fingerprint density at radius 2 is 2.14 bits per heavy atom. The maximum atomic E-state index is 12.2. The lowest BCUT2D eigenvalue weighted by Gasteiger charge is -2.20. The molecular formula is C15H20N2O3S. The van der Waals surface area contributed by atoms with Crippen molar-refractivity contribution in [3.8, 4) is 0 Å². The Balaban J connectivity index is 1.94.